The normalized spacial score (nSPS) is 10.0. The minimum Gasteiger partial charge on any atom is -0.352 e. The summed E-state index contributed by atoms with van der Waals surface area (Å²) in [5.74, 6) is -0.229. The first-order valence-corrected chi connectivity index (χ1v) is 6.86. The third-order valence-electron chi connectivity index (χ3n) is 3.02. The quantitative estimate of drug-likeness (QED) is 0.775. The first-order valence-electron chi connectivity index (χ1n) is 6.86. The number of hydrogen-bond acceptors (Lipinski definition) is 2. The molecule has 0 atom stereocenters. The highest BCUT2D eigenvalue weighted by Gasteiger charge is 2.04. The van der Waals surface area contributed by atoms with E-state index in [1.54, 1.807) is 24.3 Å². The third kappa shape index (κ3) is 3.92. The van der Waals surface area contributed by atoms with Gasteiger partial charge in [0.1, 0.15) is 0 Å². The lowest BCUT2D eigenvalue weighted by Crippen LogP contribution is -2.22. The summed E-state index contributed by atoms with van der Waals surface area (Å²) in [5, 5.41) is 5.33. The molecule has 0 saturated heterocycles. The molecular formula is C17H18N2O2. The summed E-state index contributed by atoms with van der Waals surface area (Å²) in [6, 6.07) is 15.2. The second-order valence-electron chi connectivity index (χ2n) is 4.70. The second-order valence-corrected chi connectivity index (χ2v) is 4.70. The molecule has 0 heterocycles. The van der Waals surface area contributed by atoms with Crippen LogP contribution in [0.2, 0.25) is 0 Å². The van der Waals surface area contributed by atoms with Crippen LogP contribution in [-0.4, -0.2) is 18.4 Å². The molecule has 0 radical (unpaired) electrons. The monoisotopic (exact) mass is 282 g/mol. The number of hydrogen-bond donors (Lipinski definition) is 2. The number of nitrogens with one attached hydrogen (secondary N) is 2. The molecule has 2 aliphatic rings. The van der Waals surface area contributed by atoms with E-state index in [1.807, 2.05) is 6.92 Å². The molecule has 4 heteroatoms. The van der Waals surface area contributed by atoms with Gasteiger partial charge in [-0.15, -0.1) is 0 Å². The van der Waals surface area contributed by atoms with Gasteiger partial charge < -0.3 is 10.6 Å². The van der Waals surface area contributed by atoms with Gasteiger partial charge in [-0.25, -0.2) is 0 Å². The highest BCUT2D eigenvalue weighted by molar-refractivity contribution is 5.95. The molecule has 2 aliphatic carbocycles. The average molecular weight is 282 g/mol. The number of fused-ring (bicyclic) bond motifs is 1. The number of carbonyl (C=O) groups is 2. The second kappa shape index (κ2) is 6.70. The van der Waals surface area contributed by atoms with Crippen LogP contribution < -0.4 is 10.6 Å². The minimum atomic E-state index is -0.124. The Morgan fingerprint density at radius 3 is 1.76 bits per heavy atom. The Kier molecular flexibility index (Phi) is 4.72. The van der Waals surface area contributed by atoms with Gasteiger partial charge in [0.05, 0.1) is 0 Å². The van der Waals surface area contributed by atoms with Gasteiger partial charge in [0, 0.05) is 24.7 Å². The first-order chi connectivity index (χ1) is 10.1. The Balaban J connectivity index is 0.000000218. The molecule has 0 spiro atoms. The zero-order valence-electron chi connectivity index (χ0n) is 12.1. The Hall–Kier alpha value is -2.62. The molecule has 0 saturated carbocycles. The van der Waals surface area contributed by atoms with E-state index >= 15 is 0 Å². The van der Waals surface area contributed by atoms with Crippen molar-refractivity contribution < 1.29 is 9.59 Å². The van der Waals surface area contributed by atoms with Gasteiger partial charge in [-0.2, -0.15) is 0 Å². The van der Waals surface area contributed by atoms with E-state index in [9.17, 15) is 9.59 Å². The SMILES string of the molecule is CCNC(=O)c1ccc(NC(C)=O)cc1.c1cc2ccc1-2. The fourth-order valence-corrected chi connectivity index (χ4v) is 1.83. The van der Waals surface area contributed by atoms with Gasteiger partial charge >= 0.3 is 0 Å². The number of benzene rings is 2. The molecule has 2 amide bonds. The van der Waals surface area contributed by atoms with Crippen molar-refractivity contribution >= 4 is 17.5 Å². The van der Waals surface area contributed by atoms with Gasteiger partial charge in [-0.3, -0.25) is 9.59 Å². The molecule has 0 fully saturated rings. The van der Waals surface area contributed by atoms with E-state index in [1.165, 1.54) is 18.1 Å². The summed E-state index contributed by atoms with van der Waals surface area (Å²) in [5.41, 5.74) is 4.13. The van der Waals surface area contributed by atoms with Crippen molar-refractivity contribution in [2.45, 2.75) is 13.8 Å². The third-order valence-corrected chi connectivity index (χ3v) is 3.02. The largest absolute Gasteiger partial charge is 0.352 e. The van der Waals surface area contributed by atoms with Crippen molar-refractivity contribution in [1.82, 2.24) is 5.32 Å². The molecule has 1 aromatic carbocycles. The maximum atomic E-state index is 11.4. The number of amides is 2. The standard InChI is InChI=1S/C11H14N2O2.C6H4/c1-3-12-11(15)9-4-6-10(7-5-9)13-8(2)14;1-2-6-4-3-5(1)6/h4-7H,3H2,1-2H3,(H,12,15)(H,13,14);1-4H. The molecule has 21 heavy (non-hydrogen) atoms. The van der Waals surface area contributed by atoms with E-state index in [4.69, 9.17) is 0 Å². The Morgan fingerprint density at radius 2 is 1.43 bits per heavy atom. The molecule has 0 bridgehead atoms. The van der Waals surface area contributed by atoms with Crippen LogP contribution in [0.5, 0.6) is 0 Å². The molecular weight excluding hydrogens is 264 g/mol. The van der Waals surface area contributed by atoms with E-state index in [-0.39, 0.29) is 11.8 Å². The summed E-state index contributed by atoms with van der Waals surface area (Å²) in [6.45, 7) is 3.91. The van der Waals surface area contributed by atoms with Crippen molar-refractivity contribution in [3.05, 3.63) is 54.1 Å². The fraction of sp³-hybridized carbons (Fsp3) is 0.176. The zero-order valence-corrected chi connectivity index (χ0v) is 12.1. The van der Waals surface area contributed by atoms with Crippen molar-refractivity contribution in [3.63, 3.8) is 0 Å². The van der Waals surface area contributed by atoms with Gasteiger partial charge in [0.2, 0.25) is 5.91 Å². The highest BCUT2D eigenvalue weighted by atomic mass is 16.2. The maximum absolute atomic E-state index is 11.4. The number of rotatable bonds is 3. The summed E-state index contributed by atoms with van der Waals surface area (Å²) in [6.07, 6.45) is 0. The molecule has 2 N–H and O–H groups in total. The predicted octanol–water partition coefficient (Wildman–Crippen LogP) is 3.06. The van der Waals surface area contributed by atoms with E-state index in [0.717, 1.165) is 0 Å². The molecule has 0 aromatic heterocycles. The average Bonchev–Trinajstić information content (AvgIpc) is 2.44. The van der Waals surface area contributed by atoms with E-state index < -0.39 is 0 Å². The predicted molar refractivity (Wildman–Crippen MR) is 84.2 cm³/mol. The smallest absolute Gasteiger partial charge is 0.251 e. The Bertz CT molecular complexity index is 610. The molecule has 3 rings (SSSR count). The van der Waals surface area contributed by atoms with Crippen LogP contribution in [0.1, 0.15) is 24.2 Å². The summed E-state index contributed by atoms with van der Waals surface area (Å²) in [4.78, 5) is 22.1. The zero-order chi connectivity index (χ0) is 15.2. The van der Waals surface area contributed by atoms with Gasteiger partial charge in [0.25, 0.3) is 5.91 Å². The van der Waals surface area contributed by atoms with Crippen molar-refractivity contribution in [1.29, 1.82) is 0 Å². The number of carbonyl (C=O) groups excluding carboxylic acids is 2. The minimum absolute atomic E-state index is 0.105. The summed E-state index contributed by atoms with van der Waals surface area (Å²) >= 11 is 0. The molecule has 0 unspecified atom stereocenters. The van der Waals surface area contributed by atoms with Gasteiger partial charge in [-0.05, 0) is 42.3 Å². The fourth-order valence-electron chi connectivity index (χ4n) is 1.83. The highest BCUT2D eigenvalue weighted by Crippen LogP contribution is 2.29. The van der Waals surface area contributed by atoms with Crippen LogP contribution in [-0.2, 0) is 4.79 Å². The van der Waals surface area contributed by atoms with Gasteiger partial charge in [0.15, 0.2) is 0 Å². The van der Waals surface area contributed by atoms with E-state index in [0.29, 0.717) is 17.8 Å². The summed E-state index contributed by atoms with van der Waals surface area (Å²) in [7, 11) is 0. The van der Waals surface area contributed by atoms with Crippen LogP contribution in [0.3, 0.4) is 0 Å². The van der Waals surface area contributed by atoms with Crippen LogP contribution in [0, 0.1) is 0 Å². The van der Waals surface area contributed by atoms with E-state index in [2.05, 4.69) is 34.9 Å². The lowest BCUT2D eigenvalue weighted by Gasteiger charge is -2.10. The van der Waals surface area contributed by atoms with Crippen LogP contribution in [0.4, 0.5) is 5.69 Å². The van der Waals surface area contributed by atoms with Crippen molar-refractivity contribution in [2.24, 2.45) is 0 Å². The van der Waals surface area contributed by atoms with Gasteiger partial charge in [-0.1, -0.05) is 24.3 Å². The van der Waals surface area contributed by atoms with Crippen LogP contribution in [0.25, 0.3) is 11.1 Å². The van der Waals surface area contributed by atoms with Crippen LogP contribution in [0.15, 0.2) is 48.5 Å². The maximum Gasteiger partial charge on any atom is 0.251 e. The van der Waals surface area contributed by atoms with Crippen molar-refractivity contribution in [3.8, 4) is 11.1 Å². The topological polar surface area (TPSA) is 58.2 Å². The molecule has 0 aliphatic heterocycles. The molecule has 108 valence electrons. The molecule has 4 nitrogen and oxygen atoms in total. The lowest BCUT2D eigenvalue weighted by atomic mass is 9.95. The lowest BCUT2D eigenvalue weighted by molar-refractivity contribution is -0.114. The first kappa shape index (κ1) is 14.8. The Morgan fingerprint density at radius 1 is 0.905 bits per heavy atom. The number of anilines is 1. The molecule has 1 aromatic rings. The van der Waals surface area contributed by atoms with Crippen molar-refractivity contribution in [2.75, 3.05) is 11.9 Å². The summed E-state index contributed by atoms with van der Waals surface area (Å²) < 4.78 is 0. The van der Waals surface area contributed by atoms with Crippen LogP contribution >= 0.6 is 0 Å². The Labute approximate surface area is 124 Å².